The van der Waals surface area contributed by atoms with E-state index in [2.05, 4.69) is 20.0 Å². The molecule has 2 aromatic carbocycles. The molecule has 0 spiro atoms. The van der Waals surface area contributed by atoms with Crippen molar-refractivity contribution in [3.63, 3.8) is 0 Å². The van der Waals surface area contributed by atoms with Gasteiger partial charge in [0.1, 0.15) is 0 Å². The second-order valence-corrected chi connectivity index (χ2v) is 5.78. The number of anilines is 1. The summed E-state index contributed by atoms with van der Waals surface area (Å²) in [5.74, 6) is -7.51. The molecule has 146 valence electrons. The third-order valence-electron chi connectivity index (χ3n) is 3.69. The molecular weight excluding hydrogens is 385 g/mol. The number of amides is 1. The van der Waals surface area contributed by atoms with E-state index in [4.69, 9.17) is 0 Å². The van der Waals surface area contributed by atoms with E-state index in [1.165, 1.54) is 12.1 Å². The van der Waals surface area contributed by atoms with Crippen LogP contribution in [0.3, 0.4) is 0 Å². The van der Waals surface area contributed by atoms with Crippen molar-refractivity contribution in [2.45, 2.75) is 18.5 Å². The Morgan fingerprint density at radius 3 is 2.18 bits per heavy atom. The number of nitrogens with zero attached hydrogens (tertiary/aromatic N) is 2. The van der Waals surface area contributed by atoms with Crippen LogP contribution in [0.15, 0.2) is 59.1 Å². The van der Waals surface area contributed by atoms with Gasteiger partial charge in [0.2, 0.25) is 11.7 Å². The van der Waals surface area contributed by atoms with Crippen LogP contribution in [-0.4, -0.2) is 16.0 Å². The van der Waals surface area contributed by atoms with E-state index in [9.17, 15) is 26.7 Å². The Labute approximate surface area is 155 Å². The van der Waals surface area contributed by atoms with Gasteiger partial charge < -0.3 is 9.84 Å². The van der Waals surface area contributed by atoms with Gasteiger partial charge in [0, 0.05) is 11.3 Å². The molecule has 0 bridgehead atoms. The quantitative estimate of drug-likeness (QED) is 0.648. The lowest BCUT2D eigenvalue weighted by Crippen LogP contribution is -2.18. The van der Waals surface area contributed by atoms with Gasteiger partial charge in [-0.1, -0.05) is 47.6 Å². The number of hydrogen-bond acceptors (Lipinski definition) is 4. The molecule has 0 saturated carbocycles. The molecule has 1 heterocycles. The summed E-state index contributed by atoms with van der Waals surface area (Å²) in [5, 5.41) is 5.27. The zero-order valence-electron chi connectivity index (χ0n) is 14.0. The van der Waals surface area contributed by atoms with E-state index in [0.29, 0.717) is 0 Å². The Bertz CT molecular complexity index is 953. The summed E-state index contributed by atoms with van der Waals surface area (Å²) in [6.45, 7) is 0. The normalized spacial score (nSPS) is 12.0. The maximum absolute atomic E-state index is 14.3. The van der Waals surface area contributed by atoms with Gasteiger partial charge >= 0.3 is 18.0 Å². The van der Waals surface area contributed by atoms with Crippen LogP contribution in [-0.2, 0) is 23.3 Å². The Kier molecular flexibility index (Phi) is 5.12. The van der Waals surface area contributed by atoms with Crippen LogP contribution < -0.4 is 5.32 Å². The fraction of sp³-hybridized carbons (Fsp3) is 0.167. The predicted octanol–water partition coefficient (Wildman–Crippen LogP) is 4.41. The molecule has 1 N–H and O–H groups in total. The largest absolute Gasteiger partial charge is 0.471 e. The number of carbonyl (C=O) groups is 1. The monoisotopic (exact) mass is 397 g/mol. The second-order valence-electron chi connectivity index (χ2n) is 5.78. The third kappa shape index (κ3) is 4.33. The fourth-order valence-corrected chi connectivity index (χ4v) is 2.34. The molecule has 3 rings (SSSR count). The van der Waals surface area contributed by atoms with Crippen molar-refractivity contribution in [2.75, 3.05) is 5.32 Å². The molecule has 0 unspecified atom stereocenters. The number of aromatic nitrogens is 2. The van der Waals surface area contributed by atoms with E-state index in [1.54, 1.807) is 24.3 Å². The molecule has 0 radical (unpaired) electrons. The van der Waals surface area contributed by atoms with Gasteiger partial charge in [-0.05, 0) is 17.7 Å². The highest BCUT2D eigenvalue weighted by Gasteiger charge is 2.44. The average Bonchev–Trinajstić information content (AvgIpc) is 3.14. The number of nitrogens with one attached hydrogen (secondary N) is 1. The standard InChI is InChI=1S/C18H12F5N3O2/c19-17(20,15-25-16(28-26-15)18(21,22)23)12-6-8-13(9-7-12)24-14(27)10-11-4-2-1-3-5-11/h1-9H,10H2,(H,24,27). The molecule has 0 atom stereocenters. The van der Waals surface area contributed by atoms with Gasteiger partial charge in [0.25, 0.3) is 0 Å². The van der Waals surface area contributed by atoms with Gasteiger partial charge in [0.05, 0.1) is 6.42 Å². The summed E-state index contributed by atoms with van der Waals surface area (Å²) >= 11 is 0. The van der Waals surface area contributed by atoms with Crippen LogP contribution in [0.4, 0.5) is 27.6 Å². The van der Waals surface area contributed by atoms with Crippen LogP contribution in [0.25, 0.3) is 0 Å². The molecule has 0 saturated heterocycles. The lowest BCUT2D eigenvalue weighted by molar-refractivity contribution is -0.159. The number of carbonyl (C=O) groups excluding carboxylic acids is 1. The van der Waals surface area contributed by atoms with Gasteiger partial charge in [-0.25, -0.2) is 0 Å². The SMILES string of the molecule is O=C(Cc1ccccc1)Nc1ccc(C(F)(F)c2noc(C(F)(F)F)n2)cc1. The first-order valence-corrected chi connectivity index (χ1v) is 7.90. The zero-order valence-corrected chi connectivity index (χ0v) is 14.0. The maximum Gasteiger partial charge on any atom is 0.471 e. The number of alkyl halides is 5. The van der Waals surface area contributed by atoms with Gasteiger partial charge in [0.15, 0.2) is 0 Å². The first-order valence-electron chi connectivity index (χ1n) is 7.90. The minimum Gasteiger partial charge on any atom is -0.329 e. The first kappa shape index (κ1) is 19.5. The molecule has 3 aromatic rings. The maximum atomic E-state index is 14.3. The molecule has 0 aliphatic carbocycles. The van der Waals surface area contributed by atoms with Crippen molar-refractivity contribution < 1.29 is 31.3 Å². The van der Waals surface area contributed by atoms with Gasteiger partial charge in [-0.3, -0.25) is 4.79 Å². The van der Waals surface area contributed by atoms with Crippen LogP contribution in [0.5, 0.6) is 0 Å². The van der Waals surface area contributed by atoms with Gasteiger partial charge in [-0.15, -0.1) is 0 Å². The van der Waals surface area contributed by atoms with Crippen LogP contribution in [0, 0.1) is 0 Å². The number of rotatable bonds is 5. The smallest absolute Gasteiger partial charge is 0.329 e. The minimum absolute atomic E-state index is 0.0990. The molecule has 1 amide bonds. The predicted molar refractivity (Wildman–Crippen MR) is 87.5 cm³/mol. The lowest BCUT2D eigenvalue weighted by Gasteiger charge is -2.13. The van der Waals surface area contributed by atoms with Gasteiger partial charge in [-0.2, -0.15) is 26.9 Å². The van der Waals surface area contributed by atoms with Crippen LogP contribution >= 0.6 is 0 Å². The minimum atomic E-state index is -5.02. The number of benzene rings is 2. The van der Waals surface area contributed by atoms with Crippen molar-refractivity contribution in [3.8, 4) is 0 Å². The van der Waals surface area contributed by atoms with E-state index in [-0.39, 0.29) is 18.0 Å². The summed E-state index contributed by atoms with van der Waals surface area (Å²) in [6.07, 6.45) is -4.92. The second kappa shape index (κ2) is 7.37. The Morgan fingerprint density at radius 1 is 0.964 bits per heavy atom. The fourth-order valence-electron chi connectivity index (χ4n) is 2.34. The van der Waals surface area contributed by atoms with E-state index in [0.717, 1.165) is 17.7 Å². The van der Waals surface area contributed by atoms with Crippen LogP contribution in [0.2, 0.25) is 0 Å². The van der Waals surface area contributed by atoms with E-state index < -0.39 is 29.4 Å². The molecule has 28 heavy (non-hydrogen) atoms. The summed E-state index contributed by atoms with van der Waals surface area (Å²) in [6, 6.07) is 13.2. The highest BCUT2D eigenvalue weighted by atomic mass is 19.4. The molecule has 5 nitrogen and oxygen atoms in total. The number of hydrogen-bond donors (Lipinski definition) is 1. The average molecular weight is 397 g/mol. The van der Waals surface area contributed by atoms with Crippen molar-refractivity contribution in [1.82, 2.24) is 10.1 Å². The zero-order chi connectivity index (χ0) is 20.4. The molecular formula is C18H12F5N3O2. The molecule has 0 fully saturated rings. The van der Waals surface area contributed by atoms with Crippen LogP contribution in [0.1, 0.15) is 22.8 Å². The Morgan fingerprint density at radius 2 is 1.61 bits per heavy atom. The Balaban J connectivity index is 1.71. The molecule has 0 aliphatic rings. The van der Waals surface area contributed by atoms with E-state index in [1.807, 2.05) is 6.07 Å². The lowest BCUT2D eigenvalue weighted by atomic mass is 10.1. The summed E-state index contributed by atoms with van der Waals surface area (Å²) in [5.41, 5.74) is 0.383. The highest BCUT2D eigenvalue weighted by Crippen LogP contribution is 2.36. The third-order valence-corrected chi connectivity index (χ3v) is 3.69. The summed E-state index contributed by atoms with van der Waals surface area (Å²) in [7, 11) is 0. The van der Waals surface area contributed by atoms with Crippen molar-refractivity contribution in [3.05, 3.63) is 77.4 Å². The molecule has 1 aromatic heterocycles. The topological polar surface area (TPSA) is 68.0 Å². The number of halogens is 5. The van der Waals surface area contributed by atoms with Crippen molar-refractivity contribution in [1.29, 1.82) is 0 Å². The molecule has 10 heteroatoms. The summed E-state index contributed by atoms with van der Waals surface area (Å²) in [4.78, 5) is 14.7. The Hall–Kier alpha value is -3.30. The molecule has 0 aliphatic heterocycles. The van der Waals surface area contributed by atoms with Crippen molar-refractivity contribution in [2.24, 2.45) is 0 Å². The van der Waals surface area contributed by atoms with E-state index >= 15 is 0 Å². The first-order chi connectivity index (χ1) is 13.2. The highest BCUT2D eigenvalue weighted by molar-refractivity contribution is 5.92. The van der Waals surface area contributed by atoms with Crippen molar-refractivity contribution >= 4 is 11.6 Å². The summed E-state index contributed by atoms with van der Waals surface area (Å²) < 4.78 is 69.8.